The molecule has 3 aliphatic heterocycles. The highest BCUT2D eigenvalue weighted by atomic mass is 16.4. The number of aliphatic hydroxyl groups is 1. The van der Waals surface area contributed by atoms with Gasteiger partial charge >= 0.3 is 12.1 Å². The van der Waals surface area contributed by atoms with Gasteiger partial charge in [0.1, 0.15) is 11.8 Å². The minimum atomic E-state index is -1.37. The van der Waals surface area contributed by atoms with Crippen molar-refractivity contribution in [2.24, 2.45) is 5.92 Å². The second-order valence-corrected chi connectivity index (χ2v) is 4.64. The maximum absolute atomic E-state index is 11.8. The van der Waals surface area contributed by atoms with Gasteiger partial charge in [-0.3, -0.25) is 14.6 Å². The molecular formula is C10H10N2O6. The molecule has 0 unspecified atom stereocenters. The first-order chi connectivity index (χ1) is 8.43. The molecule has 3 atom stereocenters. The van der Waals surface area contributed by atoms with E-state index in [1.165, 1.54) is 0 Å². The van der Waals surface area contributed by atoms with Crippen molar-refractivity contribution < 1.29 is 29.7 Å². The van der Waals surface area contributed by atoms with Crippen molar-refractivity contribution in [3.05, 3.63) is 11.5 Å². The van der Waals surface area contributed by atoms with Crippen molar-refractivity contribution in [1.82, 2.24) is 9.80 Å². The van der Waals surface area contributed by atoms with Gasteiger partial charge in [-0.05, 0) is 0 Å². The van der Waals surface area contributed by atoms with Crippen molar-refractivity contribution in [2.75, 3.05) is 6.54 Å². The molecule has 0 aromatic carbocycles. The lowest BCUT2D eigenvalue weighted by Crippen LogP contribution is -2.69. The second kappa shape index (κ2) is 3.15. The molecule has 96 valence electrons. The van der Waals surface area contributed by atoms with Gasteiger partial charge in [0, 0.05) is 18.9 Å². The van der Waals surface area contributed by atoms with E-state index >= 15 is 0 Å². The summed E-state index contributed by atoms with van der Waals surface area (Å²) in [6, 6.07) is -1.24. The summed E-state index contributed by atoms with van der Waals surface area (Å²) in [6.07, 6.45) is -1.10. The topological polar surface area (TPSA) is 118 Å². The first-order valence-corrected chi connectivity index (χ1v) is 5.41. The molecule has 8 heteroatoms. The average molecular weight is 254 g/mol. The van der Waals surface area contributed by atoms with Gasteiger partial charge in [0.25, 0.3) is 5.91 Å². The highest BCUT2D eigenvalue weighted by Gasteiger charge is 2.64. The Morgan fingerprint density at radius 2 is 1.94 bits per heavy atom. The van der Waals surface area contributed by atoms with Gasteiger partial charge in [-0.2, -0.15) is 0 Å². The number of likely N-dealkylation sites (tertiary alicyclic amines) is 1. The number of nitrogens with zero attached hydrogens (tertiary/aromatic N) is 2. The molecule has 0 spiro atoms. The molecule has 2 amide bonds. The zero-order valence-electron chi connectivity index (χ0n) is 9.11. The molecule has 0 aliphatic carbocycles. The summed E-state index contributed by atoms with van der Waals surface area (Å²) in [5.41, 5.74) is -0.412. The summed E-state index contributed by atoms with van der Waals surface area (Å²) < 4.78 is 0. The van der Waals surface area contributed by atoms with Crippen LogP contribution in [-0.4, -0.2) is 61.7 Å². The van der Waals surface area contributed by atoms with Crippen molar-refractivity contribution in [1.29, 1.82) is 0 Å². The number of β-lactam (4-membered cyclic amide) rings is 1. The van der Waals surface area contributed by atoms with E-state index in [4.69, 9.17) is 10.2 Å². The molecular weight excluding hydrogens is 244 g/mol. The summed E-state index contributed by atoms with van der Waals surface area (Å²) >= 11 is 0. The summed E-state index contributed by atoms with van der Waals surface area (Å²) in [5, 5.41) is 27.6. The molecule has 0 saturated carbocycles. The maximum atomic E-state index is 11.8. The van der Waals surface area contributed by atoms with Crippen LogP contribution in [0.4, 0.5) is 4.79 Å². The molecule has 0 aromatic heterocycles. The highest BCUT2D eigenvalue weighted by Crippen LogP contribution is 2.46. The van der Waals surface area contributed by atoms with Crippen LogP contribution in [0.5, 0.6) is 0 Å². The van der Waals surface area contributed by atoms with E-state index in [0.717, 1.165) is 9.80 Å². The van der Waals surface area contributed by atoms with Crippen LogP contribution in [0.3, 0.4) is 0 Å². The fraction of sp³-hybridized carbons (Fsp3) is 0.500. The standard InChI is InChI=1S/C10H10N2O6/c13-4-1-3-2-11(10(17)18)7-5(3)12(8(7)14)6(4)9(15)16/h3,5,7,13H,1-2H2,(H,15,16)(H,17,18)/t3-,5-,7+/m1/s1. The van der Waals surface area contributed by atoms with Crippen molar-refractivity contribution >= 4 is 18.0 Å². The van der Waals surface area contributed by atoms with E-state index in [-0.39, 0.29) is 24.6 Å². The van der Waals surface area contributed by atoms with Gasteiger partial charge in [-0.25, -0.2) is 9.59 Å². The molecule has 3 rings (SSSR count). The van der Waals surface area contributed by atoms with Crippen LogP contribution in [0.25, 0.3) is 0 Å². The Bertz CT molecular complexity index is 512. The molecule has 2 saturated heterocycles. The van der Waals surface area contributed by atoms with Crippen LogP contribution < -0.4 is 0 Å². The molecule has 2 fully saturated rings. The Kier molecular flexibility index (Phi) is 1.90. The van der Waals surface area contributed by atoms with Crippen molar-refractivity contribution in [3.8, 4) is 0 Å². The Labute approximate surface area is 101 Å². The third-order valence-electron chi connectivity index (χ3n) is 3.78. The van der Waals surface area contributed by atoms with Gasteiger partial charge in [0.05, 0.1) is 6.04 Å². The van der Waals surface area contributed by atoms with Gasteiger partial charge in [0.2, 0.25) is 0 Å². The lowest BCUT2D eigenvalue weighted by atomic mass is 9.82. The fourth-order valence-corrected chi connectivity index (χ4v) is 3.11. The van der Waals surface area contributed by atoms with Crippen LogP contribution in [0, 0.1) is 5.92 Å². The predicted octanol–water partition coefficient (Wildman–Crippen LogP) is -0.566. The monoisotopic (exact) mass is 254 g/mol. The van der Waals surface area contributed by atoms with E-state index < -0.39 is 35.8 Å². The molecule has 8 nitrogen and oxygen atoms in total. The second-order valence-electron chi connectivity index (χ2n) is 4.64. The van der Waals surface area contributed by atoms with E-state index in [1.54, 1.807) is 0 Å². The zero-order chi connectivity index (χ0) is 13.2. The lowest BCUT2D eigenvalue weighted by Gasteiger charge is -2.48. The number of hydrogen-bond donors (Lipinski definition) is 3. The number of hydrogen-bond acceptors (Lipinski definition) is 4. The molecule has 0 bridgehead atoms. The summed E-state index contributed by atoms with van der Waals surface area (Å²) in [5.74, 6) is -2.53. The van der Waals surface area contributed by atoms with E-state index in [2.05, 4.69) is 0 Å². The first kappa shape index (κ1) is 10.9. The number of carbonyl (C=O) groups excluding carboxylic acids is 1. The minimum Gasteiger partial charge on any atom is -0.510 e. The smallest absolute Gasteiger partial charge is 0.408 e. The summed E-state index contributed by atoms with van der Waals surface area (Å²) in [4.78, 5) is 35.9. The number of carbonyl (C=O) groups is 3. The molecule has 0 radical (unpaired) electrons. The maximum Gasteiger partial charge on any atom is 0.408 e. The average Bonchev–Trinajstić information content (AvgIpc) is 2.63. The largest absolute Gasteiger partial charge is 0.510 e. The minimum absolute atomic E-state index is 0.0936. The van der Waals surface area contributed by atoms with Crippen LogP contribution in [0.15, 0.2) is 11.5 Å². The number of allylic oxidation sites excluding steroid dienone is 1. The predicted molar refractivity (Wildman–Crippen MR) is 54.6 cm³/mol. The van der Waals surface area contributed by atoms with E-state index in [9.17, 15) is 19.5 Å². The SMILES string of the molecule is O=C(O)C1=C(O)C[C@@H]2CN(C(=O)O)[C@@H]3C(=O)N1[C@H]23. The fourth-order valence-electron chi connectivity index (χ4n) is 3.11. The molecule has 3 N–H and O–H groups in total. The summed E-state index contributed by atoms with van der Waals surface area (Å²) in [7, 11) is 0. The third kappa shape index (κ3) is 1.07. The van der Waals surface area contributed by atoms with Gasteiger partial charge in [-0.15, -0.1) is 0 Å². The Morgan fingerprint density at radius 3 is 2.50 bits per heavy atom. The van der Waals surface area contributed by atoms with Crippen molar-refractivity contribution in [2.45, 2.75) is 18.5 Å². The van der Waals surface area contributed by atoms with Gasteiger partial charge < -0.3 is 15.3 Å². The van der Waals surface area contributed by atoms with Gasteiger partial charge in [0.15, 0.2) is 5.70 Å². The zero-order valence-corrected chi connectivity index (χ0v) is 9.11. The Hall–Kier alpha value is -2.25. The molecule has 3 heterocycles. The van der Waals surface area contributed by atoms with E-state index in [1.807, 2.05) is 0 Å². The lowest BCUT2D eigenvalue weighted by molar-refractivity contribution is -0.156. The molecule has 3 aliphatic rings. The number of carboxylic acids is 1. The highest BCUT2D eigenvalue weighted by molar-refractivity contribution is 6.01. The quantitative estimate of drug-likeness (QED) is 0.539. The first-order valence-electron chi connectivity index (χ1n) is 5.41. The normalized spacial score (nSPS) is 33.3. The number of aliphatic hydroxyl groups excluding tert-OH is 1. The van der Waals surface area contributed by atoms with Crippen LogP contribution in [0.1, 0.15) is 6.42 Å². The number of aliphatic carboxylic acids is 1. The van der Waals surface area contributed by atoms with Gasteiger partial charge in [-0.1, -0.05) is 0 Å². The number of amides is 2. The van der Waals surface area contributed by atoms with Crippen molar-refractivity contribution in [3.63, 3.8) is 0 Å². The number of rotatable bonds is 1. The molecule has 18 heavy (non-hydrogen) atoms. The van der Waals surface area contributed by atoms with Crippen LogP contribution >= 0.6 is 0 Å². The van der Waals surface area contributed by atoms with Crippen LogP contribution in [-0.2, 0) is 9.59 Å². The summed E-state index contributed by atoms with van der Waals surface area (Å²) in [6.45, 7) is 0.143. The number of carboxylic acid groups (broad SMARTS) is 2. The third-order valence-corrected chi connectivity index (χ3v) is 3.78. The van der Waals surface area contributed by atoms with Crippen LogP contribution in [0.2, 0.25) is 0 Å². The Balaban J connectivity index is 2.00. The molecule has 0 aromatic rings. The Morgan fingerprint density at radius 1 is 1.28 bits per heavy atom. The van der Waals surface area contributed by atoms with E-state index in [0.29, 0.717) is 0 Å².